The van der Waals surface area contributed by atoms with Crippen molar-refractivity contribution in [3.05, 3.63) is 65.7 Å². The maximum absolute atomic E-state index is 12.5. The minimum Gasteiger partial charge on any atom is -0.483 e. The predicted molar refractivity (Wildman–Crippen MR) is 102 cm³/mol. The Bertz CT molecular complexity index is 758. The number of hydrogen-bond acceptors (Lipinski definition) is 4. The second kappa shape index (κ2) is 9.73. The Balaban J connectivity index is 1.50. The highest BCUT2D eigenvalue weighted by molar-refractivity contribution is 5.97. The zero-order valence-electron chi connectivity index (χ0n) is 15.1. The van der Waals surface area contributed by atoms with E-state index >= 15 is 0 Å². The molecule has 2 aromatic rings. The number of amides is 2. The quantitative estimate of drug-likeness (QED) is 0.750. The van der Waals surface area contributed by atoms with Gasteiger partial charge in [0.15, 0.2) is 6.61 Å². The zero-order valence-corrected chi connectivity index (χ0v) is 15.1. The molecule has 2 N–H and O–H groups in total. The Morgan fingerprint density at radius 2 is 1.81 bits per heavy atom. The van der Waals surface area contributed by atoms with Crippen LogP contribution in [0.15, 0.2) is 54.6 Å². The molecule has 6 heteroatoms. The Hall–Kier alpha value is -2.86. The monoisotopic (exact) mass is 368 g/mol. The van der Waals surface area contributed by atoms with E-state index in [4.69, 9.17) is 9.47 Å². The minimum atomic E-state index is -0.241. The number of hydrogen-bond donors (Lipinski definition) is 2. The van der Waals surface area contributed by atoms with Crippen molar-refractivity contribution in [2.75, 3.05) is 19.8 Å². The van der Waals surface area contributed by atoms with Gasteiger partial charge in [-0.3, -0.25) is 9.59 Å². The maximum Gasteiger partial charge on any atom is 0.258 e. The second-order valence-corrected chi connectivity index (χ2v) is 6.39. The molecule has 142 valence electrons. The van der Waals surface area contributed by atoms with Crippen molar-refractivity contribution < 1.29 is 19.1 Å². The lowest BCUT2D eigenvalue weighted by atomic mass is 10.1. The topological polar surface area (TPSA) is 76.7 Å². The lowest BCUT2D eigenvalue weighted by Gasteiger charge is -2.13. The van der Waals surface area contributed by atoms with Crippen LogP contribution >= 0.6 is 0 Å². The summed E-state index contributed by atoms with van der Waals surface area (Å²) in [5.41, 5.74) is 1.41. The van der Waals surface area contributed by atoms with E-state index in [-0.39, 0.29) is 24.5 Å². The molecule has 0 aromatic heterocycles. The summed E-state index contributed by atoms with van der Waals surface area (Å²) in [6, 6.07) is 16.6. The first-order valence-electron chi connectivity index (χ1n) is 9.14. The molecule has 1 aliphatic heterocycles. The van der Waals surface area contributed by atoms with Crippen molar-refractivity contribution in [3.8, 4) is 5.75 Å². The van der Waals surface area contributed by atoms with E-state index in [0.717, 1.165) is 25.0 Å². The van der Waals surface area contributed by atoms with Crippen LogP contribution in [0.3, 0.4) is 0 Å². The highest BCUT2D eigenvalue weighted by atomic mass is 16.5. The van der Waals surface area contributed by atoms with E-state index in [1.54, 1.807) is 24.3 Å². The molecule has 1 aliphatic rings. The summed E-state index contributed by atoms with van der Waals surface area (Å²) in [5.74, 6) is -0.0884. The first-order valence-corrected chi connectivity index (χ1v) is 9.14. The summed E-state index contributed by atoms with van der Waals surface area (Å²) in [6.07, 6.45) is 2.08. The van der Waals surface area contributed by atoms with Crippen molar-refractivity contribution >= 4 is 11.8 Å². The number of nitrogens with one attached hydrogen (secondary N) is 2. The van der Waals surface area contributed by atoms with Gasteiger partial charge in [-0.25, -0.2) is 0 Å². The van der Waals surface area contributed by atoms with Crippen molar-refractivity contribution in [2.24, 2.45) is 0 Å². The molecule has 2 amide bonds. The molecule has 1 unspecified atom stereocenters. The van der Waals surface area contributed by atoms with Crippen LogP contribution in [0, 0.1) is 0 Å². The van der Waals surface area contributed by atoms with Crippen molar-refractivity contribution in [1.29, 1.82) is 0 Å². The molecule has 0 saturated carbocycles. The number of benzene rings is 2. The molecule has 3 rings (SSSR count). The molecule has 1 fully saturated rings. The van der Waals surface area contributed by atoms with Gasteiger partial charge in [0.05, 0.1) is 11.7 Å². The number of para-hydroxylation sites is 1. The Kier molecular flexibility index (Phi) is 6.82. The molecule has 2 aromatic carbocycles. The second-order valence-electron chi connectivity index (χ2n) is 6.39. The van der Waals surface area contributed by atoms with Crippen molar-refractivity contribution in [1.82, 2.24) is 10.6 Å². The molecule has 27 heavy (non-hydrogen) atoms. The Morgan fingerprint density at radius 1 is 1.04 bits per heavy atom. The van der Waals surface area contributed by atoms with Crippen LogP contribution < -0.4 is 15.4 Å². The third-order valence-corrected chi connectivity index (χ3v) is 4.34. The van der Waals surface area contributed by atoms with Crippen LogP contribution in [0.4, 0.5) is 0 Å². The molecule has 0 bridgehead atoms. The van der Waals surface area contributed by atoms with Crippen LogP contribution in [0.5, 0.6) is 5.75 Å². The van der Waals surface area contributed by atoms with Gasteiger partial charge in [-0.2, -0.15) is 0 Å². The summed E-state index contributed by atoms with van der Waals surface area (Å²) in [5, 5.41) is 5.67. The highest BCUT2D eigenvalue weighted by Crippen LogP contribution is 2.18. The fourth-order valence-corrected chi connectivity index (χ4v) is 2.88. The molecule has 0 spiro atoms. The average Bonchev–Trinajstić information content (AvgIpc) is 3.23. The summed E-state index contributed by atoms with van der Waals surface area (Å²) >= 11 is 0. The summed E-state index contributed by atoms with van der Waals surface area (Å²) in [6.45, 7) is 1.52. The number of carbonyl (C=O) groups is 2. The summed E-state index contributed by atoms with van der Waals surface area (Å²) in [7, 11) is 0. The molecule has 1 saturated heterocycles. The van der Waals surface area contributed by atoms with Gasteiger partial charge in [0.2, 0.25) is 0 Å². The van der Waals surface area contributed by atoms with Gasteiger partial charge in [-0.1, -0.05) is 42.5 Å². The van der Waals surface area contributed by atoms with E-state index in [2.05, 4.69) is 10.6 Å². The fourth-order valence-electron chi connectivity index (χ4n) is 2.88. The third-order valence-electron chi connectivity index (χ3n) is 4.34. The summed E-state index contributed by atoms with van der Waals surface area (Å²) in [4.78, 5) is 24.4. The van der Waals surface area contributed by atoms with E-state index in [0.29, 0.717) is 24.4 Å². The Morgan fingerprint density at radius 3 is 2.59 bits per heavy atom. The molecule has 1 atom stereocenters. The average molecular weight is 368 g/mol. The number of rotatable bonds is 8. The van der Waals surface area contributed by atoms with Gasteiger partial charge in [0.1, 0.15) is 5.75 Å². The highest BCUT2D eigenvalue weighted by Gasteiger charge is 2.17. The van der Waals surface area contributed by atoms with Gasteiger partial charge < -0.3 is 20.1 Å². The molecule has 1 heterocycles. The van der Waals surface area contributed by atoms with E-state index in [1.807, 2.05) is 30.3 Å². The lowest BCUT2D eigenvalue weighted by molar-refractivity contribution is -0.123. The van der Waals surface area contributed by atoms with Crippen LogP contribution in [0.2, 0.25) is 0 Å². The zero-order chi connectivity index (χ0) is 18.9. The van der Waals surface area contributed by atoms with Gasteiger partial charge in [0, 0.05) is 19.7 Å². The van der Waals surface area contributed by atoms with Crippen molar-refractivity contribution in [2.45, 2.75) is 25.5 Å². The van der Waals surface area contributed by atoms with Gasteiger partial charge in [-0.15, -0.1) is 0 Å². The minimum absolute atomic E-state index is 0.0880. The first-order chi connectivity index (χ1) is 13.2. The third kappa shape index (κ3) is 5.82. The molecule has 0 aliphatic carbocycles. The summed E-state index contributed by atoms with van der Waals surface area (Å²) < 4.78 is 11.0. The van der Waals surface area contributed by atoms with Gasteiger partial charge in [0.25, 0.3) is 11.8 Å². The molecule has 0 radical (unpaired) electrons. The maximum atomic E-state index is 12.5. The van der Waals surface area contributed by atoms with Crippen molar-refractivity contribution in [3.63, 3.8) is 0 Å². The number of carbonyl (C=O) groups excluding carboxylic acids is 2. The van der Waals surface area contributed by atoms with Crippen LogP contribution in [-0.2, 0) is 16.1 Å². The van der Waals surface area contributed by atoms with Crippen LogP contribution in [0.1, 0.15) is 28.8 Å². The predicted octanol–water partition coefficient (Wildman–Crippen LogP) is 2.29. The van der Waals surface area contributed by atoms with Gasteiger partial charge in [-0.05, 0) is 30.5 Å². The smallest absolute Gasteiger partial charge is 0.258 e. The lowest BCUT2D eigenvalue weighted by Crippen LogP contribution is -2.35. The van der Waals surface area contributed by atoms with E-state index in [9.17, 15) is 9.59 Å². The first kappa shape index (κ1) is 18.9. The van der Waals surface area contributed by atoms with E-state index < -0.39 is 0 Å². The Labute approximate surface area is 158 Å². The SMILES string of the molecule is O=C(COc1ccccc1C(=O)NCc1ccccc1)NCC1CCCO1. The van der Waals surface area contributed by atoms with E-state index in [1.165, 1.54) is 0 Å². The normalized spacial score (nSPS) is 15.9. The van der Waals surface area contributed by atoms with Gasteiger partial charge >= 0.3 is 0 Å². The largest absolute Gasteiger partial charge is 0.483 e. The molecular formula is C21H24N2O4. The number of ether oxygens (including phenoxy) is 2. The molecule has 6 nitrogen and oxygen atoms in total. The standard InChI is InChI=1S/C21H24N2O4/c24-20(22-14-17-9-6-12-26-17)15-27-19-11-5-4-10-18(19)21(25)23-13-16-7-2-1-3-8-16/h1-5,7-8,10-11,17H,6,9,12-15H2,(H,22,24)(H,23,25). The van der Waals surface area contributed by atoms with Crippen LogP contribution in [0.25, 0.3) is 0 Å². The fraction of sp³-hybridized carbons (Fsp3) is 0.333. The molecular weight excluding hydrogens is 344 g/mol. The van der Waals surface area contributed by atoms with Crippen LogP contribution in [-0.4, -0.2) is 37.7 Å².